The molecular formula is C16H17N3O4. The van der Waals surface area contributed by atoms with Crippen LogP contribution in [0.5, 0.6) is 5.88 Å². The number of rotatable bonds is 6. The predicted molar refractivity (Wildman–Crippen MR) is 83.5 cm³/mol. The highest BCUT2D eigenvalue weighted by molar-refractivity contribution is 6.02. The van der Waals surface area contributed by atoms with Crippen molar-refractivity contribution in [1.29, 1.82) is 0 Å². The van der Waals surface area contributed by atoms with E-state index in [0.29, 0.717) is 18.0 Å². The van der Waals surface area contributed by atoms with Crippen molar-refractivity contribution in [3.05, 3.63) is 47.7 Å². The molecule has 0 saturated heterocycles. The zero-order valence-corrected chi connectivity index (χ0v) is 12.8. The SMILES string of the molecule is COc1ccc(C(=O)Nc2ccc(C[C@H](C)C(=O)O)cc2)nn1. The van der Waals surface area contributed by atoms with Gasteiger partial charge in [0.15, 0.2) is 5.69 Å². The van der Waals surface area contributed by atoms with Crippen molar-refractivity contribution in [2.75, 3.05) is 12.4 Å². The van der Waals surface area contributed by atoms with E-state index < -0.39 is 11.9 Å². The van der Waals surface area contributed by atoms with E-state index in [0.717, 1.165) is 5.56 Å². The average Bonchev–Trinajstić information content (AvgIpc) is 2.56. The Morgan fingerprint density at radius 3 is 2.39 bits per heavy atom. The van der Waals surface area contributed by atoms with Crippen LogP contribution < -0.4 is 10.1 Å². The van der Waals surface area contributed by atoms with E-state index >= 15 is 0 Å². The van der Waals surface area contributed by atoms with Crippen molar-refractivity contribution in [3.63, 3.8) is 0 Å². The van der Waals surface area contributed by atoms with Crippen molar-refractivity contribution in [3.8, 4) is 5.88 Å². The molecule has 1 aromatic heterocycles. The maximum absolute atomic E-state index is 12.0. The lowest BCUT2D eigenvalue weighted by Gasteiger charge is -2.08. The van der Waals surface area contributed by atoms with E-state index in [1.54, 1.807) is 37.3 Å². The Morgan fingerprint density at radius 2 is 1.87 bits per heavy atom. The number of carbonyl (C=O) groups is 2. The van der Waals surface area contributed by atoms with E-state index in [4.69, 9.17) is 9.84 Å². The number of carbonyl (C=O) groups excluding carboxylic acids is 1. The van der Waals surface area contributed by atoms with Crippen LogP contribution in [0, 0.1) is 5.92 Å². The summed E-state index contributed by atoms with van der Waals surface area (Å²) >= 11 is 0. The van der Waals surface area contributed by atoms with Gasteiger partial charge < -0.3 is 15.2 Å². The smallest absolute Gasteiger partial charge is 0.306 e. The van der Waals surface area contributed by atoms with Gasteiger partial charge in [-0.2, -0.15) is 0 Å². The molecule has 2 aromatic rings. The summed E-state index contributed by atoms with van der Waals surface area (Å²) in [6, 6.07) is 10.1. The molecule has 0 radical (unpaired) electrons. The largest absolute Gasteiger partial charge is 0.481 e. The van der Waals surface area contributed by atoms with Crippen LogP contribution in [0.25, 0.3) is 0 Å². The topological polar surface area (TPSA) is 101 Å². The minimum Gasteiger partial charge on any atom is -0.481 e. The number of methoxy groups -OCH3 is 1. The van der Waals surface area contributed by atoms with Crippen LogP contribution in [0.4, 0.5) is 5.69 Å². The summed E-state index contributed by atoms with van der Waals surface area (Å²) in [5.41, 5.74) is 1.66. The van der Waals surface area contributed by atoms with Crippen molar-refractivity contribution < 1.29 is 19.4 Å². The molecule has 120 valence electrons. The number of aromatic nitrogens is 2. The summed E-state index contributed by atoms with van der Waals surface area (Å²) in [5.74, 6) is -1.34. The van der Waals surface area contributed by atoms with Crippen LogP contribution in [0.15, 0.2) is 36.4 Å². The van der Waals surface area contributed by atoms with Crippen molar-refractivity contribution in [1.82, 2.24) is 10.2 Å². The number of benzene rings is 1. The number of hydrogen-bond donors (Lipinski definition) is 2. The van der Waals surface area contributed by atoms with Crippen LogP contribution in [0.1, 0.15) is 23.0 Å². The first kappa shape index (κ1) is 16.4. The summed E-state index contributed by atoms with van der Waals surface area (Å²) in [6.07, 6.45) is 0.438. The second-order valence-electron chi connectivity index (χ2n) is 5.06. The highest BCUT2D eigenvalue weighted by Gasteiger charge is 2.12. The molecule has 2 N–H and O–H groups in total. The molecule has 23 heavy (non-hydrogen) atoms. The molecule has 0 aliphatic rings. The van der Waals surface area contributed by atoms with E-state index in [2.05, 4.69) is 15.5 Å². The highest BCUT2D eigenvalue weighted by atomic mass is 16.5. The lowest BCUT2D eigenvalue weighted by atomic mass is 10.0. The first-order chi connectivity index (χ1) is 11.0. The van der Waals surface area contributed by atoms with E-state index in [-0.39, 0.29) is 11.6 Å². The van der Waals surface area contributed by atoms with Crippen LogP contribution in [0.2, 0.25) is 0 Å². The molecule has 0 aliphatic carbocycles. The fraction of sp³-hybridized carbons (Fsp3) is 0.250. The summed E-state index contributed by atoms with van der Waals surface area (Å²) in [7, 11) is 1.47. The average molecular weight is 315 g/mol. The van der Waals surface area contributed by atoms with Crippen molar-refractivity contribution in [2.45, 2.75) is 13.3 Å². The summed E-state index contributed by atoms with van der Waals surface area (Å²) in [4.78, 5) is 22.9. The standard InChI is InChI=1S/C16H17N3O4/c1-10(16(21)22)9-11-3-5-12(6-4-11)17-15(20)13-7-8-14(23-2)19-18-13/h3-8,10H,9H2,1-2H3,(H,17,20)(H,21,22)/t10-/m0/s1. The van der Waals surface area contributed by atoms with Gasteiger partial charge in [0, 0.05) is 11.8 Å². The van der Waals surface area contributed by atoms with E-state index in [1.807, 2.05) is 0 Å². The van der Waals surface area contributed by atoms with Crippen LogP contribution in [0.3, 0.4) is 0 Å². The molecule has 2 rings (SSSR count). The fourth-order valence-corrected chi connectivity index (χ4v) is 1.91. The van der Waals surface area contributed by atoms with Gasteiger partial charge in [-0.1, -0.05) is 19.1 Å². The normalized spacial score (nSPS) is 11.6. The molecule has 1 heterocycles. The summed E-state index contributed by atoms with van der Waals surface area (Å²) in [5, 5.41) is 19.1. The number of carboxylic acid groups (broad SMARTS) is 1. The third-order valence-corrected chi connectivity index (χ3v) is 3.26. The first-order valence-electron chi connectivity index (χ1n) is 7.00. The van der Waals surface area contributed by atoms with Gasteiger partial charge in [0.25, 0.3) is 5.91 Å². The van der Waals surface area contributed by atoms with Gasteiger partial charge in [-0.15, -0.1) is 10.2 Å². The van der Waals surface area contributed by atoms with Gasteiger partial charge in [0.2, 0.25) is 5.88 Å². The summed E-state index contributed by atoms with van der Waals surface area (Å²) in [6.45, 7) is 1.65. The lowest BCUT2D eigenvalue weighted by Crippen LogP contribution is -2.15. The predicted octanol–water partition coefficient (Wildman–Crippen LogP) is 2.00. The highest BCUT2D eigenvalue weighted by Crippen LogP contribution is 2.14. The zero-order chi connectivity index (χ0) is 16.8. The Labute approximate surface area is 133 Å². The Morgan fingerprint density at radius 1 is 1.17 bits per heavy atom. The Balaban J connectivity index is 1.99. The van der Waals surface area contributed by atoms with Gasteiger partial charge in [0.1, 0.15) is 0 Å². The second kappa shape index (κ2) is 7.35. The monoisotopic (exact) mass is 315 g/mol. The van der Waals surface area contributed by atoms with Gasteiger partial charge in [-0.05, 0) is 30.2 Å². The maximum Gasteiger partial charge on any atom is 0.306 e. The van der Waals surface area contributed by atoms with Crippen molar-refractivity contribution in [2.24, 2.45) is 5.92 Å². The molecular weight excluding hydrogens is 298 g/mol. The number of nitrogens with zero attached hydrogens (tertiary/aromatic N) is 2. The van der Waals surface area contributed by atoms with Crippen LogP contribution in [-0.4, -0.2) is 34.3 Å². The minimum atomic E-state index is -0.833. The Bertz CT molecular complexity index is 683. The lowest BCUT2D eigenvalue weighted by molar-refractivity contribution is -0.141. The molecule has 0 fully saturated rings. The van der Waals surface area contributed by atoms with Gasteiger partial charge in [-0.25, -0.2) is 0 Å². The number of nitrogens with one attached hydrogen (secondary N) is 1. The van der Waals surface area contributed by atoms with E-state index in [1.165, 1.54) is 13.2 Å². The molecule has 0 unspecified atom stereocenters. The van der Waals surface area contributed by atoms with Gasteiger partial charge in [0.05, 0.1) is 13.0 Å². The van der Waals surface area contributed by atoms with E-state index in [9.17, 15) is 9.59 Å². The first-order valence-corrected chi connectivity index (χ1v) is 7.00. The number of anilines is 1. The number of carboxylic acids is 1. The molecule has 0 spiro atoms. The van der Waals surface area contributed by atoms with Crippen LogP contribution in [-0.2, 0) is 11.2 Å². The number of hydrogen-bond acceptors (Lipinski definition) is 5. The third-order valence-electron chi connectivity index (χ3n) is 3.26. The Kier molecular flexibility index (Phi) is 5.24. The number of ether oxygens (including phenoxy) is 1. The molecule has 7 nitrogen and oxygen atoms in total. The zero-order valence-electron chi connectivity index (χ0n) is 12.8. The third kappa shape index (κ3) is 4.50. The van der Waals surface area contributed by atoms with Gasteiger partial charge >= 0.3 is 5.97 Å². The fourth-order valence-electron chi connectivity index (χ4n) is 1.91. The molecule has 7 heteroatoms. The number of aliphatic carboxylic acids is 1. The molecule has 1 atom stereocenters. The maximum atomic E-state index is 12.0. The van der Waals surface area contributed by atoms with Crippen LogP contribution >= 0.6 is 0 Å². The number of amides is 1. The second-order valence-corrected chi connectivity index (χ2v) is 5.06. The van der Waals surface area contributed by atoms with Crippen molar-refractivity contribution >= 4 is 17.6 Å². The quantitative estimate of drug-likeness (QED) is 0.845. The molecule has 0 aliphatic heterocycles. The Hall–Kier alpha value is -2.96. The molecule has 1 aromatic carbocycles. The summed E-state index contributed by atoms with van der Waals surface area (Å²) < 4.78 is 4.88. The molecule has 0 saturated carbocycles. The van der Waals surface area contributed by atoms with Gasteiger partial charge in [-0.3, -0.25) is 9.59 Å². The minimum absolute atomic E-state index is 0.175. The molecule has 1 amide bonds. The molecule has 0 bridgehead atoms.